The van der Waals surface area contributed by atoms with E-state index in [9.17, 15) is 14.0 Å². The Bertz CT molecular complexity index is 510. The molecule has 1 unspecified atom stereocenters. The number of amides is 1. The van der Waals surface area contributed by atoms with Crippen molar-refractivity contribution in [1.29, 1.82) is 0 Å². The standard InChI is InChI=1S/C14H15Cl3FNO4/c15-14(16,17)9-23-13(21)19-8-11(18)6-7-22-12(20)10-4-2-1-3-5-10/h1-5,11H,6-9H2,(H,19,21). The molecule has 1 N–H and O–H groups in total. The number of esters is 1. The maximum atomic E-state index is 13.6. The molecule has 9 heteroatoms. The van der Waals surface area contributed by atoms with Crippen molar-refractivity contribution in [2.45, 2.75) is 16.4 Å². The van der Waals surface area contributed by atoms with Gasteiger partial charge in [0.15, 0.2) is 0 Å². The fraction of sp³-hybridized carbons (Fsp3) is 0.429. The average molecular weight is 387 g/mol. The van der Waals surface area contributed by atoms with Gasteiger partial charge in [-0.25, -0.2) is 14.0 Å². The third kappa shape index (κ3) is 9.48. The molecule has 5 nitrogen and oxygen atoms in total. The summed E-state index contributed by atoms with van der Waals surface area (Å²) in [6.07, 6.45) is -2.37. The minimum Gasteiger partial charge on any atom is -0.462 e. The van der Waals surface area contributed by atoms with E-state index in [4.69, 9.17) is 39.5 Å². The van der Waals surface area contributed by atoms with E-state index >= 15 is 0 Å². The molecule has 1 aromatic carbocycles. The molecule has 1 amide bonds. The Morgan fingerprint density at radius 2 is 1.83 bits per heavy atom. The Morgan fingerprint density at radius 1 is 1.17 bits per heavy atom. The van der Waals surface area contributed by atoms with Gasteiger partial charge < -0.3 is 14.8 Å². The Balaban J connectivity index is 2.16. The number of carbonyl (C=O) groups is 2. The SMILES string of the molecule is O=C(NCC(F)CCOC(=O)c1ccccc1)OCC(Cl)(Cl)Cl. The number of benzene rings is 1. The van der Waals surface area contributed by atoms with E-state index in [0.717, 1.165) is 0 Å². The van der Waals surface area contributed by atoms with Crippen molar-refractivity contribution in [2.24, 2.45) is 0 Å². The molecule has 0 aliphatic carbocycles. The molecule has 0 aliphatic rings. The highest BCUT2D eigenvalue weighted by Crippen LogP contribution is 2.25. The van der Waals surface area contributed by atoms with Crippen molar-refractivity contribution in [1.82, 2.24) is 5.32 Å². The molecule has 1 atom stereocenters. The quantitative estimate of drug-likeness (QED) is 0.574. The fourth-order valence-electron chi connectivity index (χ4n) is 1.43. The van der Waals surface area contributed by atoms with Crippen LogP contribution >= 0.6 is 34.8 Å². The van der Waals surface area contributed by atoms with Crippen LogP contribution in [-0.4, -0.2) is 41.8 Å². The van der Waals surface area contributed by atoms with Crippen molar-refractivity contribution in [2.75, 3.05) is 19.8 Å². The lowest BCUT2D eigenvalue weighted by atomic mass is 10.2. The van der Waals surface area contributed by atoms with E-state index < -0.39 is 28.6 Å². The molecule has 0 heterocycles. The number of ether oxygens (including phenoxy) is 2. The second kappa shape index (κ2) is 9.80. The Labute approximate surface area is 148 Å². The zero-order chi connectivity index (χ0) is 17.3. The van der Waals surface area contributed by atoms with Crippen LogP contribution in [-0.2, 0) is 9.47 Å². The monoisotopic (exact) mass is 385 g/mol. The summed E-state index contributed by atoms with van der Waals surface area (Å²) in [6, 6.07) is 8.35. The molecular formula is C14H15Cl3FNO4. The highest BCUT2D eigenvalue weighted by atomic mass is 35.6. The molecule has 0 fully saturated rings. The minimum absolute atomic E-state index is 0.0662. The van der Waals surface area contributed by atoms with Crippen LogP contribution in [0.15, 0.2) is 30.3 Å². The number of rotatable bonds is 7. The number of carbonyl (C=O) groups excluding carboxylic acids is 2. The van der Waals surface area contributed by atoms with Crippen LogP contribution in [0.4, 0.5) is 9.18 Å². The highest BCUT2D eigenvalue weighted by molar-refractivity contribution is 6.67. The smallest absolute Gasteiger partial charge is 0.407 e. The number of nitrogens with one attached hydrogen (secondary N) is 1. The summed E-state index contributed by atoms with van der Waals surface area (Å²) in [6.45, 7) is -0.865. The summed E-state index contributed by atoms with van der Waals surface area (Å²) in [5, 5.41) is 2.17. The van der Waals surface area contributed by atoms with Crippen LogP contribution in [0.1, 0.15) is 16.8 Å². The highest BCUT2D eigenvalue weighted by Gasteiger charge is 2.22. The van der Waals surface area contributed by atoms with Crippen LogP contribution in [0.25, 0.3) is 0 Å². The first kappa shape index (κ1) is 19.8. The van der Waals surface area contributed by atoms with Crippen molar-refractivity contribution >= 4 is 46.9 Å². The van der Waals surface area contributed by atoms with Gasteiger partial charge in [0.25, 0.3) is 0 Å². The number of halogens is 4. The van der Waals surface area contributed by atoms with E-state index in [2.05, 4.69) is 10.1 Å². The molecule has 0 aromatic heterocycles. The molecule has 0 aliphatic heterocycles. The lowest BCUT2D eigenvalue weighted by molar-refractivity contribution is 0.0472. The number of hydrogen-bond acceptors (Lipinski definition) is 4. The van der Waals surface area contributed by atoms with Gasteiger partial charge in [-0.1, -0.05) is 53.0 Å². The van der Waals surface area contributed by atoms with Crippen LogP contribution in [0.5, 0.6) is 0 Å². The molecular weight excluding hydrogens is 372 g/mol. The van der Waals surface area contributed by atoms with Crippen LogP contribution in [0.2, 0.25) is 0 Å². The number of alkyl carbamates (subject to hydrolysis) is 1. The summed E-state index contributed by atoms with van der Waals surface area (Å²) in [7, 11) is 0. The largest absolute Gasteiger partial charge is 0.462 e. The van der Waals surface area contributed by atoms with Gasteiger partial charge in [0.1, 0.15) is 12.8 Å². The normalized spacial score (nSPS) is 12.3. The minimum atomic E-state index is -1.72. The molecule has 0 bridgehead atoms. The van der Waals surface area contributed by atoms with Gasteiger partial charge in [0, 0.05) is 6.42 Å². The number of alkyl halides is 4. The van der Waals surface area contributed by atoms with Gasteiger partial charge in [-0.2, -0.15) is 0 Å². The molecule has 1 rings (SSSR count). The van der Waals surface area contributed by atoms with Crippen LogP contribution < -0.4 is 5.32 Å². The molecule has 0 radical (unpaired) electrons. The first-order chi connectivity index (χ1) is 10.8. The number of hydrogen-bond donors (Lipinski definition) is 1. The van der Waals surface area contributed by atoms with Crippen molar-refractivity contribution < 1.29 is 23.5 Å². The van der Waals surface area contributed by atoms with Crippen molar-refractivity contribution in [3.8, 4) is 0 Å². The van der Waals surface area contributed by atoms with E-state index in [1.807, 2.05) is 0 Å². The van der Waals surface area contributed by atoms with E-state index in [0.29, 0.717) is 5.56 Å². The van der Waals surface area contributed by atoms with Gasteiger partial charge >= 0.3 is 12.1 Å². The molecule has 0 saturated carbocycles. The Morgan fingerprint density at radius 3 is 2.43 bits per heavy atom. The molecule has 0 spiro atoms. The summed E-state index contributed by atoms with van der Waals surface area (Å²) in [4.78, 5) is 22.8. The van der Waals surface area contributed by atoms with Crippen molar-refractivity contribution in [3.63, 3.8) is 0 Å². The molecule has 128 valence electrons. The summed E-state index contributed by atoms with van der Waals surface area (Å²) in [5.41, 5.74) is 0.385. The van der Waals surface area contributed by atoms with Gasteiger partial charge in [-0.05, 0) is 12.1 Å². The topological polar surface area (TPSA) is 64.6 Å². The maximum absolute atomic E-state index is 13.6. The average Bonchev–Trinajstić information content (AvgIpc) is 2.51. The first-order valence-electron chi connectivity index (χ1n) is 6.61. The lowest BCUT2D eigenvalue weighted by Gasteiger charge is -2.13. The summed E-state index contributed by atoms with van der Waals surface area (Å²) >= 11 is 16.2. The molecule has 0 saturated heterocycles. The third-order valence-electron chi connectivity index (χ3n) is 2.51. The third-order valence-corrected chi connectivity index (χ3v) is 2.84. The van der Waals surface area contributed by atoms with Gasteiger partial charge in [0.05, 0.1) is 18.7 Å². The van der Waals surface area contributed by atoms with Crippen molar-refractivity contribution in [3.05, 3.63) is 35.9 Å². The van der Waals surface area contributed by atoms with Crippen LogP contribution in [0, 0.1) is 0 Å². The Kier molecular flexibility index (Phi) is 8.44. The zero-order valence-electron chi connectivity index (χ0n) is 11.9. The lowest BCUT2D eigenvalue weighted by Crippen LogP contribution is -2.33. The predicted octanol–water partition coefficient (Wildman–Crippen LogP) is 3.67. The summed E-state index contributed by atoms with van der Waals surface area (Å²) < 4.78 is 21.3. The van der Waals surface area contributed by atoms with E-state index in [-0.39, 0.29) is 19.6 Å². The molecule has 23 heavy (non-hydrogen) atoms. The fourth-order valence-corrected chi connectivity index (χ4v) is 1.60. The first-order valence-corrected chi connectivity index (χ1v) is 7.75. The zero-order valence-corrected chi connectivity index (χ0v) is 14.2. The van der Waals surface area contributed by atoms with Gasteiger partial charge in [0.2, 0.25) is 3.79 Å². The molecule has 1 aromatic rings. The van der Waals surface area contributed by atoms with Gasteiger partial charge in [-0.15, -0.1) is 0 Å². The Hall–Kier alpha value is -1.24. The maximum Gasteiger partial charge on any atom is 0.407 e. The second-order valence-electron chi connectivity index (χ2n) is 4.46. The van der Waals surface area contributed by atoms with Crippen LogP contribution in [0.3, 0.4) is 0 Å². The van der Waals surface area contributed by atoms with E-state index in [1.165, 1.54) is 0 Å². The van der Waals surface area contributed by atoms with Gasteiger partial charge in [-0.3, -0.25) is 0 Å². The summed E-state index contributed by atoms with van der Waals surface area (Å²) in [5.74, 6) is -0.534. The van der Waals surface area contributed by atoms with E-state index in [1.54, 1.807) is 30.3 Å². The predicted molar refractivity (Wildman–Crippen MR) is 85.9 cm³/mol. The second-order valence-corrected chi connectivity index (χ2v) is 6.98.